The first-order valence-electron chi connectivity index (χ1n) is 6.29. The van der Waals surface area contributed by atoms with Gasteiger partial charge in [0.2, 0.25) is 0 Å². The van der Waals surface area contributed by atoms with Gasteiger partial charge in [-0.1, -0.05) is 19.1 Å². The summed E-state index contributed by atoms with van der Waals surface area (Å²) >= 11 is 1.64. The first-order valence-corrected chi connectivity index (χ1v) is 7.17. The first kappa shape index (κ1) is 13.2. The van der Waals surface area contributed by atoms with Crippen LogP contribution < -0.4 is 0 Å². The lowest BCUT2D eigenvalue weighted by molar-refractivity contribution is 0.262. The molecule has 1 N–H and O–H groups in total. The minimum atomic E-state index is 0.176. The van der Waals surface area contributed by atoms with Crippen molar-refractivity contribution in [3.63, 3.8) is 0 Å². The lowest BCUT2D eigenvalue weighted by Crippen LogP contribution is -2.01. The zero-order valence-electron chi connectivity index (χ0n) is 11.1. The molecule has 0 saturated heterocycles. The maximum atomic E-state index is 9.31. The number of hydrogen-bond acceptors (Lipinski definition) is 3. The van der Waals surface area contributed by atoms with Gasteiger partial charge in [0.25, 0.3) is 0 Å². The van der Waals surface area contributed by atoms with Crippen LogP contribution in [0.5, 0.6) is 0 Å². The van der Waals surface area contributed by atoms with Crippen LogP contribution in [0.1, 0.15) is 35.4 Å². The Balaban J connectivity index is 2.31. The SMILES string of the molecule is CCC(CO)c1nc(-c2ccc(C)c(C)c2)cs1. The van der Waals surface area contributed by atoms with Crippen molar-refractivity contribution in [3.8, 4) is 11.3 Å². The molecule has 0 saturated carbocycles. The highest BCUT2D eigenvalue weighted by atomic mass is 32.1. The van der Waals surface area contributed by atoms with Gasteiger partial charge in [-0.3, -0.25) is 0 Å². The van der Waals surface area contributed by atoms with Crippen LogP contribution in [-0.2, 0) is 0 Å². The molecule has 18 heavy (non-hydrogen) atoms. The van der Waals surface area contributed by atoms with E-state index in [2.05, 4.69) is 49.3 Å². The van der Waals surface area contributed by atoms with Crippen molar-refractivity contribution in [3.05, 3.63) is 39.7 Å². The summed E-state index contributed by atoms with van der Waals surface area (Å²) in [7, 11) is 0. The predicted octanol–water partition coefficient (Wildman–Crippen LogP) is 3.91. The summed E-state index contributed by atoms with van der Waals surface area (Å²) < 4.78 is 0. The average Bonchev–Trinajstić information content (AvgIpc) is 2.84. The van der Waals surface area contributed by atoms with Gasteiger partial charge < -0.3 is 5.11 Å². The minimum Gasteiger partial charge on any atom is -0.396 e. The van der Waals surface area contributed by atoms with Crippen molar-refractivity contribution in [2.45, 2.75) is 33.1 Å². The van der Waals surface area contributed by atoms with E-state index in [1.165, 1.54) is 11.1 Å². The Morgan fingerprint density at radius 2 is 2.06 bits per heavy atom. The van der Waals surface area contributed by atoms with Crippen LogP contribution in [0.15, 0.2) is 23.6 Å². The van der Waals surface area contributed by atoms with Crippen LogP contribution in [0.2, 0.25) is 0 Å². The number of aliphatic hydroxyl groups is 1. The Kier molecular flexibility index (Phi) is 4.15. The van der Waals surface area contributed by atoms with Gasteiger partial charge in [-0.05, 0) is 37.5 Å². The molecule has 0 aliphatic rings. The van der Waals surface area contributed by atoms with Crippen LogP contribution in [0, 0.1) is 13.8 Å². The molecule has 0 aliphatic heterocycles. The Labute approximate surface area is 112 Å². The molecule has 2 rings (SSSR count). The van der Waals surface area contributed by atoms with E-state index in [9.17, 15) is 5.11 Å². The molecule has 1 atom stereocenters. The number of hydrogen-bond donors (Lipinski definition) is 1. The molecule has 0 fully saturated rings. The lowest BCUT2D eigenvalue weighted by Gasteiger charge is -2.06. The van der Waals surface area contributed by atoms with Crippen molar-refractivity contribution in [2.75, 3.05) is 6.61 Å². The molecule has 0 aliphatic carbocycles. The van der Waals surface area contributed by atoms with E-state index >= 15 is 0 Å². The van der Waals surface area contributed by atoms with Gasteiger partial charge in [-0.15, -0.1) is 11.3 Å². The van der Waals surface area contributed by atoms with E-state index in [0.29, 0.717) is 0 Å². The maximum Gasteiger partial charge on any atom is 0.0986 e. The first-order chi connectivity index (χ1) is 8.65. The number of benzene rings is 1. The highest BCUT2D eigenvalue weighted by Gasteiger charge is 2.13. The highest BCUT2D eigenvalue weighted by molar-refractivity contribution is 7.10. The standard InChI is InChI=1S/C15H19NOS/c1-4-12(8-17)15-16-14(9-18-15)13-6-5-10(2)11(3)7-13/h5-7,9,12,17H,4,8H2,1-3H3. The van der Waals surface area contributed by atoms with Crippen LogP contribution in [0.25, 0.3) is 11.3 Å². The molecule has 1 aromatic carbocycles. The normalized spacial score (nSPS) is 12.7. The van der Waals surface area contributed by atoms with Gasteiger partial charge in [0.05, 0.1) is 17.3 Å². The van der Waals surface area contributed by atoms with Crippen molar-refractivity contribution < 1.29 is 5.11 Å². The van der Waals surface area contributed by atoms with Crippen LogP contribution in [0.3, 0.4) is 0 Å². The Hall–Kier alpha value is -1.19. The third-order valence-electron chi connectivity index (χ3n) is 3.39. The van der Waals surface area contributed by atoms with Gasteiger partial charge in [-0.2, -0.15) is 0 Å². The molecule has 0 amide bonds. The fraction of sp³-hybridized carbons (Fsp3) is 0.400. The zero-order valence-corrected chi connectivity index (χ0v) is 11.9. The second kappa shape index (κ2) is 5.63. The number of aryl methyl sites for hydroxylation is 2. The summed E-state index contributed by atoms with van der Waals surface area (Å²) in [4.78, 5) is 4.65. The Morgan fingerprint density at radius 1 is 1.28 bits per heavy atom. The van der Waals surface area contributed by atoms with E-state index in [1.54, 1.807) is 11.3 Å². The second-order valence-corrected chi connectivity index (χ2v) is 5.55. The summed E-state index contributed by atoms with van der Waals surface area (Å²) in [5.41, 5.74) is 4.77. The van der Waals surface area contributed by atoms with E-state index in [4.69, 9.17) is 0 Å². The molecule has 1 aromatic heterocycles. The summed E-state index contributed by atoms with van der Waals surface area (Å²) in [6, 6.07) is 6.42. The van der Waals surface area contributed by atoms with Crippen molar-refractivity contribution in [2.24, 2.45) is 0 Å². The monoisotopic (exact) mass is 261 g/mol. The summed E-state index contributed by atoms with van der Waals surface area (Å²) in [6.45, 7) is 6.49. The van der Waals surface area contributed by atoms with E-state index in [1.807, 2.05) is 0 Å². The van der Waals surface area contributed by atoms with Crippen LogP contribution >= 0.6 is 11.3 Å². The topological polar surface area (TPSA) is 33.1 Å². The molecule has 3 heteroatoms. The van der Waals surface area contributed by atoms with Gasteiger partial charge in [0, 0.05) is 16.9 Å². The average molecular weight is 261 g/mol. The zero-order chi connectivity index (χ0) is 13.1. The third kappa shape index (κ3) is 2.62. The van der Waals surface area contributed by atoms with Crippen molar-refractivity contribution in [1.29, 1.82) is 0 Å². The second-order valence-electron chi connectivity index (χ2n) is 4.66. The molecule has 2 aromatic rings. The van der Waals surface area contributed by atoms with E-state index in [0.717, 1.165) is 22.7 Å². The summed E-state index contributed by atoms with van der Waals surface area (Å²) in [5.74, 6) is 0.176. The molecule has 1 unspecified atom stereocenters. The fourth-order valence-electron chi connectivity index (χ4n) is 1.89. The summed E-state index contributed by atoms with van der Waals surface area (Å²) in [6.07, 6.45) is 0.927. The van der Waals surface area contributed by atoms with Gasteiger partial charge in [0.15, 0.2) is 0 Å². The molecule has 1 heterocycles. The van der Waals surface area contributed by atoms with Crippen LogP contribution in [-0.4, -0.2) is 16.7 Å². The number of nitrogens with zero attached hydrogens (tertiary/aromatic N) is 1. The van der Waals surface area contributed by atoms with E-state index < -0.39 is 0 Å². The lowest BCUT2D eigenvalue weighted by atomic mass is 10.0. The fourth-order valence-corrected chi connectivity index (χ4v) is 2.90. The smallest absolute Gasteiger partial charge is 0.0986 e. The van der Waals surface area contributed by atoms with E-state index in [-0.39, 0.29) is 12.5 Å². The minimum absolute atomic E-state index is 0.176. The summed E-state index contributed by atoms with van der Waals surface area (Å²) in [5, 5.41) is 12.4. The number of thiazole rings is 1. The number of aromatic nitrogens is 1. The largest absolute Gasteiger partial charge is 0.396 e. The molecule has 2 nitrogen and oxygen atoms in total. The molecule has 96 valence electrons. The highest BCUT2D eigenvalue weighted by Crippen LogP contribution is 2.28. The quantitative estimate of drug-likeness (QED) is 0.905. The molecule has 0 spiro atoms. The Bertz CT molecular complexity index is 529. The number of aliphatic hydroxyl groups excluding tert-OH is 1. The van der Waals surface area contributed by atoms with Gasteiger partial charge >= 0.3 is 0 Å². The molecular formula is C15H19NOS. The third-order valence-corrected chi connectivity index (χ3v) is 4.39. The van der Waals surface area contributed by atoms with Crippen molar-refractivity contribution in [1.82, 2.24) is 4.98 Å². The number of rotatable bonds is 4. The van der Waals surface area contributed by atoms with Gasteiger partial charge in [0.1, 0.15) is 0 Å². The predicted molar refractivity (Wildman–Crippen MR) is 77.1 cm³/mol. The molecule has 0 bridgehead atoms. The van der Waals surface area contributed by atoms with Gasteiger partial charge in [-0.25, -0.2) is 4.98 Å². The van der Waals surface area contributed by atoms with Crippen molar-refractivity contribution >= 4 is 11.3 Å². The molecular weight excluding hydrogens is 242 g/mol. The maximum absolute atomic E-state index is 9.31. The van der Waals surface area contributed by atoms with Crippen LogP contribution in [0.4, 0.5) is 0 Å². The molecule has 0 radical (unpaired) electrons. The Morgan fingerprint density at radius 3 is 2.67 bits per heavy atom.